The summed E-state index contributed by atoms with van der Waals surface area (Å²) in [5, 5.41) is 0. The highest BCUT2D eigenvalue weighted by Gasteiger charge is 2.31. The number of hydrogen-bond acceptors (Lipinski definition) is 9. The second-order valence-corrected chi connectivity index (χ2v) is 8.74. The highest BCUT2D eigenvalue weighted by molar-refractivity contribution is 5.99. The fraction of sp³-hybridized carbons (Fsp3) is 0.667. The SMILES string of the molecule is COc1ccnc(C(=O)C[C@@H](C)C(=O)O[C@@H](C)[C@H](OCC2CC2)C(C)C)c1OCOC(C)=O. The number of nitrogens with zero attached hydrogens (tertiary/aromatic N) is 1. The van der Waals surface area contributed by atoms with E-state index >= 15 is 0 Å². The smallest absolute Gasteiger partial charge is 0.309 e. The summed E-state index contributed by atoms with van der Waals surface area (Å²) in [5.41, 5.74) is -0.0120. The van der Waals surface area contributed by atoms with Gasteiger partial charge >= 0.3 is 11.9 Å². The molecule has 184 valence electrons. The van der Waals surface area contributed by atoms with E-state index in [9.17, 15) is 14.4 Å². The predicted molar refractivity (Wildman–Crippen MR) is 119 cm³/mol. The maximum absolute atomic E-state index is 12.9. The minimum atomic E-state index is -0.703. The molecule has 9 nitrogen and oxygen atoms in total. The standard InChI is InChI=1S/C24H35NO8/c1-14(2)22(30-12-18-7-8-18)16(4)33-24(28)15(3)11-19(27)21-23(32-13-31-17(5)26)20(29-6)9-10-25-21/h9-10,14-16,18,22H,7-8,11-13H2,1-6H3/t15-,16+,22-/m1/s1. The molecule has 1 aliphatic carbocycles. The van der Waals surface area contributed by atoms with Gasteiger partial charge in [0.15, 0.2) is 23.0 Å². The number of hydrogen-bond donors (Lipinski definition) is 0. The minimum Gasteiger partial charge on any atom is -0.493 e. The predicted octanol–water partition coefficient (Wildman–Crippen LogP) is 3.58. The first-order chi connectivity index (χ1) is 15.6. The number of methoxy groups -OCH3 is 1. The third-order valence-electron chi connectivity index (χ3n) is 5.35. The van der Waals surface area contributed by atoms with Gasteiger partial charge in [0.05, 0.1) is 19.1 Å². The highest BCUT2D eigenvalue weighted by atomic mass is 16.7. The van der Waals surface area contributed by atoms with Crippen molar-refractivity contribution in [1.29, 1.82) is 0 Å². The van der Waals surface area contributed by atoms with Crippen molar-refractivity contribution in [2.75, 3.05) is 20.5 Å². The van der Waals surface area contributed by atoms with Crippen molar-refractivity contribution in [2.24, 2.45) is 17.8 Å². The molecule has 1 aromatic rings. The van der Waals surface area contributed by atoms with E-state index in [1.807, 2.05) is 20.8 Å². The molecule has 1 fully saturated rings. The molecule has 1 saturated carbocycles. The molecule has 0 aromatic carbocycles. The molecule has 1 heterocycles. The van der Waals surface area contributed by atoms with Crippen LogP contribution in [-0.2, 0) is 23.8 Å². The molecular weight excluding hydrogens is 430 g/mol. The van der Waals surface area contributed by atoms with Crippen LogP contribution in [0.2, 0.25) is 0 Å². The van der Waals surface area contributed by atoms with Crippen LogP contribution in [0.4, 0.5) is 0 Å². The van der Waals surface area contributed by atoms with Crippen LogP contribution in [0.1, 0.15) is 64.4 Å². The Kier molecular flexibility index (Phi) is 10.1. The van der Waals surface area contributed by atoms with E-state index in [4.69, 9.17) is 23.7 Å². The molecule has 0 spiro atoms. The average Bonchev–Trinajstić information content (AvgIpc) is 3.57. The van der Waals surface area contributed by atoms with Gasteiger partial charge in [0.2, 0.25) is 6.79 Å². The van der Waals surface area contributed by atoms with Gasteiger partial charge in [0, 0.05) is 32.2 Å². The summed E-state index contributed by atoms with van der Waals surface area (Å²) in [6.45, 7) is 9.02. The summed E-state index contributed by atoms with van der Waals surface area (Å²) in [6.07, 6.45) is 2.99. The van der Waals surface area contributed by atoms with Gasteiger partial charge in [-0.15, -0.1) is 0 Å². The molecule has 0 unspecified atom stereocenters. The van der Waals surface area contributed by atoms with Crippen LogP contribution in [0, 0.1) is 17.8 Å². The molecular formula is C24H35NO8. The monoisotopic (exact) mass is 465 g/mol. The largest absolute Gasteiger partial charge is 0.493 e. The third-order valence-corrected chi connectivity index (χ3v) is 5.35. The Morgan fingerprint density at radius 1 is 1.15 bits per heavy atom. The van der Waals surface area contributed by atoms with Gasteiger partial charge in [-0.1, -0.05) is 20.8 Å². The summed E-state index contributed by atoms with van der Waals surface area (Å²) in [7, 11) is 1.42. The Labute approximate surface area is 195 Å². The molecule has 1 aromatic heterocycles. The lowest BCUT2D eigenvalue weighted by atomic mass is 10.0. The van der Waals surface area contributed by atoms with Gasteiger partial charge in [-0.3, -0.25) is 14.4 Å². The summed E-state index contributed by atoms with van der Waals surface area (Å²) in [6, 6.07) is 1.52. The first-order valence-corrected chi connectivity index (χ1v) is 11.3. The molecule has 0 N–H and O–H groups in total. The number of carbonyl (C=O) groups excluding carboxylic acids is 3. The zero-order valence-corrected chi connectivity index (χ0v) is 20.3. The van der Waals surface area contributed by atoms with E-state index < -0.39 is 36.5 Å². The Morgan fingerprint density at radius 2 is 1.85 bits per heavy atom. The molecule has 1 aliphatic rings. The molecule has 9 heteroatoms. The highest BCUT2D eigenvalue weighted by Crippen LogP contribution is 2.32. The van der Waals surface area contributed by atoms with Gasteiger partial charge in [0.1, 0.15) is 6.10 Å². The van der Waals surface area contributed by atoms with Gasteiger partial charge in [-0.2, -0.15) is 0 Å². The molecule has 2 rings (SSSR count). The maximum atomic E-state index is 12.9. The molecule has 0 aliphatic heterocycles. The second-order valence-electron chi connectivity index (χ2n) is 8.74. The number of aromatic nitrogens is 1. The molecule has 33 heavy (non-hydrogen) atoms. The summed E-state index contributed by atoms with van der Waals surface area (Å²) >= 11 is 0. The van der Waals surface area contributed by atoms with Crippen molar-refractivity contribution in [3.63, 3.8) is 0 Å². The van der Waals surface area contributed by atoms with Gasteiger partial charge in [-0.25, -0.2) is 4.98 Å². The van der Waals surface area contributed by atoms with E-state index in [0.717, 1.165) is 0 Å². The molecule has 0 bridgehead atoms. The molecule has 0 amide bonds. The lowest BCUT2D eigenvalue weighted by Crippen LogP contribution is -2.37. The fourth-order valence-corrected chi connectivity index (χ4v) is 3.33. The summed E-state index contributed by atoms with van der Waals surface area (Å²) in [5.74, 6) is -1.04. The van der Waals surface area contributed by atoms with Gasteiger partial charge in [0.25, 0.3) is 0 Å². The lowest BCUT2D eigenvalue weighted by molar-refractivity contribution is -0.163. The van der Waals surface area contributed by atoms with E-state index in [1.165, 1.54) is 39.1 Å². The lowest BCUT2D eigenvalue weighted by Gasteiger charge is -2.28. The van der Waals surface area contributed by atoms with Crippen LogP contribution in [-0.4, -0.2) is 55.4 Å². The topological polar surface area (TPSA) is 110 Å². The number of carbonyl (C=O) groups is 3. The zero-order chi connectivity index (χ0) is 24.5. The maximum Gasteiger partial charge on any atom is 0.309 e. The van der Waals surface area contributed by atoms with Crippen LogP contribution < -0.4 is 9.47 Å². The van der Waals surface area contributed by atoms with E-state index in [-0.39, 0.29) is 35.6 Å². The third kappa shape index (κ3) is 8.31. The zero-order valence-electron chi connectivity index (χ0n) is 20.3. The Balaban J connectivity index is 2.00. The number of pyridine rings is 1. The van der Waals surface area contributed by atoms with Crippen molar-refractivity contribution < 1.29 is 38.1 Å². The number of ether oxygens (including phenoxy) is 5. The van der Waals surface area contributed by atoms with Crippen LogP contribution in [0.5, 0.6) is 11.5 Å². The van der Waals surface area contributed by atoms with Crippen LogP contribution in [0.15, 0.2) is 12.3 Å². The fourth-order valence-electron chi connectivity index (χ4n) is 3.33. The van der Waals surface area contributed by atoms with Crippen LogP contribution in [0.3, 0.4) is 0 Å². The van der Waals surface area contributed by atoms with E-state index in [1.54, 1.807) is 6.92 Å². The quantitative estimate of drug-likeness (QED) is 0.231. The molecule has 0 radical (unpaired) electrons. The number of rotatable bonds is 14. The Morgan fingerprint density at radius 3 is 2.42 bits per heavy atom. The first kappa shape index (κ1) is 26.6. The molecule has 0 saturated heterocycles. The Hall–Kier alpha value is -2.68. The van der Waals surface area contributed by atoms with Crippen molar-refractivity contribution >= 4 is 17.7 Å². The number of ketones is 1. The van der Waals surface area contributed by atoms with Crippen molar-refractivity contribution in [2.45, 2.75) is 66.1 Å². The summed E-state index contributed by atoms with van der Waals surface area (Å²) in [4.78, 5) is 40.7. The van der Waals surface area contributed by atoms with Crippen LogP contribution in [0.25, 0.3) is 0 Å². The van der Waals surface area contributed by atoms with Crippen molar-refractivity contribution in [3.8, 4) is 11.5 Å². The number of Topliss-reactive ketones (excluding diaryl/α,β-unsaturated/α-hetero) is 1. The van der Waals surface area contributed by atoms with Crippen LogP contribution >= 0.6 is 0 Å². The Bertz CT molecular complexity index is 821. The van der Waals surface area contributed by atoms with Crippen molar-refractivity contribution in [3.05, 3.63) is 18.0 Å². The van der Waals surface area contributed by atoms with Gasteiger partial charge in [-0.05, 0) is 31.6 Å². The average molecular weight is 466 g/mol. The van der Waals surface area contributed by atoms with E-state index in [0.29, 0.717) is 12.5 Å². The van der Waals surface area contributed by atoms with E-state index in [2.05, 4.69) is 4.98 Å². The van der Waals surface area contributed by atoms with Crippen molar-refractivity contribution in [1.82, 2.24) is 4.98 Å². The minimum absolute atomic E-state index is 0.0120. The first-order valence-electron chi connectivity index (χ1n) is 11.3. The number of esters is 2. The molecule has 3 atom stereocenters. The normalized spacial score (nSPS) is 16.0. The second kappa shape index (κ2) is 12.5. The van der Waals surface area contributed by atoms with Gasteiger partial charge < -0.3 is 23.7 Å². The summed E-state index contributed by atoms with van der Waals surface area (Å²) < 4.78 is 27.1.